The summed E-state index contributed by atoms with van der Waals surface area (Å²) in [5, 5.41) is 7.13. The second-order valence-electron chi connectivity index (χ2n) is 13.3. The first-order valence-corrected chi connectivity index (χ1v) is 17.8. The van der Waals surface area contributed by atoms with Crippen molar-refractivity contribution in [2.24, 2.45) is 0 Å². The van der Waals surface area contributed by atoms with E-state index in [1.807, 2.05) is 0 Å². The van der Waals surface area contributed by atoms with Crippen LogP contribution >= 0.6 is 0 Å². The van der Waals surface area contributed by atoms with Crippen molar-refractivity contribution < 1.29 is 4.42 Å². The predicted molar refractivity (Wildman–Crippen MR) is 220 cm³/mol. The van der Waals surface area contributed by atoms with Gasteiger partial charge in [-0.05, 0) is 91.3 Å². The third-order valence-electron chi connectivity index (χ3n) is 10.3. The molecule has 1 heterocycles. The molecule has 0 atom stereocenters. The summed E-state index contributed by atoms with van der Waals surface area (Å²) >= 11 is 0. The molecule has 0 amide bonds. The molecular formula is C50H33NO. The van der Waals surface area contributed by atoms with Crippen LogP contribution in [0.2, 0.25) is 0 Å². The summed E-state index contributed by atoms with van der Waals surface area (Å²) in [5.74, 6) is 0. The molecule has 0 unspecified atom stereocenters. The van der Waals surface area contributed by atoms with Crippen molar-refractivity contribution in [2.75, 3.05) is 4.90 Å². The minimum atomic E-state index is 0.859. The van der Waals surface area contributed by atoms with Gasteiger partial charge in [0.15, 0.2) is 5.58 Å². The number of furan rings is 1. The number of fused-ring (bicyclic) bond motifs is 6. The van der Waals surface area contributed by atoms with Gasteiger partial charge in [0.25, 0.3) is 0 Å². The van der Waals surface area contributed by atoms with Crippen LogP contribution in [0.5, 0.6) is 0 Å². The molecule has 10 aromatic rings. The first kappa shape index (κ1) is 30.0. The Balaban J connectivity index is 1.17. The minimum Gasteiger partial charge on any atom is -0.454 e. The lowest BCUT2D eigenvalue weighted by Crippen LogP contribution is -2.10. The lowest BCUT2D eigenvalue weighted by molar-refractivity contribution is 0.669. The van der Waals surface area contributed by atoms with Crippen LogP contribution < -0.4 is 4.90 Å². The van der Waals surface area contributed by atoms with E-state index < -0.39 is 0 Å². The van der Waals surface area contributed by atoms with Crippen LogP contribution in [0.4, 0.5) is 17.1 Å². The van der Waals surface area contributed by atoms with E-state index in [4.69, 9.17) is 4.42 Å². The van der Waals surface area contributed by atoms with Crippen LogP contribution in [-0.2, 0) is 0 Å². The van der Waals surface area contributed by atoms with E-state index in [2.05, 4.69) is 205 Å². The molecule has 0 spiro atoms. The Morgan fingerprint density at radius 1 is 0.346 bits per heavy atom. The third-order valence-corrected chi connectivity index (χ3v) is 10.3. The molecule has 0 saturated heterocycles. The quantitative estimate of drug-likeness (QED) is 0.176. The van der Waals surface area contributed by atoms with Crippen molar-refractivity contribution >= 4 is 60.5 Å². The van der Waals surface area contributed by atoms with Gasteiger partial charge >= 0.3 is 0 Å². The van der Waals surface area contributed by atoms with Gasteiger partial charge in [-0.25, -0.2) is 0 Å². The Kier molecular flexibility index (Phi) is 7.18. The summed E-state index contributed by atoms with van der Waals surface area (Å²) in [6, 6.07) is 71.4. The Hall–Kier alpha value is -6.90. The number of hydrogen-bond donors (Lipinski definition) is 0. The van der Waals surface area contributed by atoms with E-state index in [1.165, 1.54) is 54.9 Å². The van der Waals surface area contributed by atoms with E-state index in [0.717, 1.165) is 39.0 Å². The maximum Gasteiger partial charge on any atom is 0.159 e. The van der Waals surface area contributed by atoms with Gasteiger partial charge in [-0.2, -0.15) is 0 Å². The monoisotopic (exact) mass is 663 g/mol. The van der Waals surface area contributed by atoms with Gasteiger partial charge in [-0.1, -0.05) is 164 Å². The number of para-hydroxylation sites is 1. The van der Waals surface area contributed by atoms with Crippen molar-refractivity contribution in [3.63, 3.8) is 0 Å². The molecular weight excluding hydrogens is 631 g/mol. The molecule has 9 aromatic carbocycles. The molecule has 0 aliphatic carbocycles. The molecule has 0 N–H and O–H groups in total. The first-order valence-electron chi connectivity index (χ1n) is 17.8. The number of nitrogens with zero attached hydrogens (tertiary/aromatic N) is 1. The van der Waals surface area contributed by atoms with Crippen molar-refractivity contribution in [2.45, 2.75) is 0 Å². The molecule has 0 bridgehead atoms. The van der Waals surface area contributed by atoms with E-state index in [1.54, 1.807) is 0 Å². The molecule has 52 heavy (non-hydrogen) atoms. The first-order chi connectivity index (χ1) is 25.8. The summed E-state index contributed by atoms with van der Waals surface area (Å²) in [6.45, 7) is 0. The fraction of sp³-hybridized carbons (Fsp3) is 0. The topological polar surface area (TPSA) is 16.4 Å². The second-order valence-corrected chi connectivity index (χ2v) is 13.3. The highest BCUT2D eigenvalue weighted by molar-refractivity contribution is 6.23. The minimum absolute atomic E-state index is 0.859. The van der Waals surface area contributed by atoms with Gasteiger partial charge in [-0.3, -0.25) is 0 Å². The van der Waals surface area contributed by atoms with Crippen LogP contribution in [0.1, 0.15) is 0 Å². The molecule has 2 nitrogen and oxygen atoms in total. The highest BCUT2D eigenvalue weighted by Gasteiger charge is 2.22. The maximum absolute atomic E-state index is 6.97. The summed E-state index contributed by atoms with van der Waals surface area (Å²) in [4.78, 5) is 2.33. The van der Waals surface area contributed by atoms with E-state index >= 15 is 0 Å². The summed E-state index contributed by atoms with van der Waals surface area (Å²) < 4.78 is 6.97. The van der Waals surface area contributed by atoms with Crippen molar-refractivity contribution in [3.05, 3.63) is 200 Å². The zero-order chi connectivity index (χ0) is 34.4. The van der Waals surface area contributed by atoms with Crippen molar-refractivity contribution in [1.29, 1.82) is 0 Å². The predicted octanol–water partition coefficient (Wildman–Crippen LogP) is 14.4. The Morgan fingerprint density at radius 3 is 1.60 bits per heavy atom. The lowest BCUT2D eigenvalue weighted by Gasteiger charge is -2.26. The summed E-state index contributed by atoms with van der Waals surface area (Å²) in [7, 11) is 0. The number of benzene rings is 9. The molecule has 1 aromatic heterocycles. The normalized spacial score (nSPS) is 11.5. The largest absolute Gasteiger partial charge is 0.454 e. The van der Waals surface area contributed by atoms with Gasteiger partial charge in [-0.15, -0.1) is 0 Å². The van der Waals surface area contributed by atoms with E-state index in [0.29, 0.717) is 0 Å². The SMILES string of the molecule is c1ccc(-c2ccc(N(c3ccc(-c4cccc5ccccc45)cc3)c3cccc4c3oc3cc(-c5ccccc5)c5ccccc5c34)cc2)cc1. The molecule has 0 saturated carbocycles. The molecule has 244 valence electrons. The van der Waals surface area contributed by atoms with Crippen LogP contribution in [-0.4, -0.2) is 0 Å². The van der Waals surface area contributed by atoms with Crippen LogP contribution in [0.15, 0.2) is 205 Å². The fourth-order valence-corrected chi connectivity index (χ4v) is 7.81. The molecule has 0 fully saturated rings. The van der Waals surface area contributed by atoms with Crippen LogP contribution in [0, 0.1) is 0 Å². The molecule has 10 rings (SSSR count). The molecule has 0 aliphatic heterocycles. The standard InChI is InChI=1S/C50H33NO/c1-3-13-34(14-4-1)35-25-29-39(30-26-35)51(40-31-27-38(28-32-40)42-22-11-18-36-17-7-8-19-41(36)42)47-24-12-23-45-49-44-21-10-9-20-43(44)46(33-48(49)52-50(45)47)37-15-5-2-6-16-37/h1-33H. The van der Waals surface area contributed by atoms with Gasteiger partial charge in [0.1, 0.15) is 5.58 Å². The molecule has 2 heteroatoms. The van der Waals surface area contributed by atoms with E-state index in [9.17, 15) is 0 Å². The second kappa shape index (κ2) is 12.5. The fourth-order valence-electron chi connectivity index (χ4n) is 7.81. The van der Waals surface area contributed by atoms with Gasteiger partial charge in [0.05, 0.1) is 5.69 Å². The lowest BCUT2D eigenvalue weighted by atomic mass is 9.95. The van der Waals surface area contributed by atoms with Crippen LogP contribution in [0.3, 0.4) is 0 Å². The van der Waals surface area contributed by atoms with Crippen molar-refractivity contribution in [1.82, 2.24) is 0 Å². The van der Waals surface area contributed by atoms with Gasteiger partial charge in [0.2, 0.25) is 0 Å². The van der Waals surface area contributed by atoms with Gasteiger partial charge < -0.3 is 9.32 Å². The zero-order valence-electron chi connectivity index (χ0n) is 28.4. The molecule has 0 aliphatic rings. The summed E-state index contributed by atoms with van der Waals surface area (Å²) in [6.07, 6.45) is 0. The highest BCUT2D eigenvalue weighted by Crippen LogP contribution is 2.46. The number of anilines is 3. The third kappa shape index (κ3) is 5.04. The Labute approximate surface area is 302 Å². The molecule has 0 radical (unpaired) electrons. The van der Waals surface area contributed by atoms with Gasteiger partial charge in [0, 0.05) is 22.1 Å². The van der Waals surface area contributed by atoms with Crippen LogP contribution in [0.25, 0.3) is 76.9 Å². The average molecular weight is 664 g/mol. The summed E-state index contributed by atoms with van der Waals surface area (Å²) in [5.41, 5.74) is 12.0. The zero-order valence-corrected chi connectivity index (χ0v) is 28.4. The van der Waals surface area contributed by atoms with E-state index in [-0.39, 0.29) is 0 Å². The highest BCUT2D eigenvalue weighted by atomic mass is 16.3. The Bertz CT molecular complexity index is 2870. The van der Waals surface area contributed by atoms with Crippen molar-refractivity contribution in [3.8, 4) is 33.4 Å². The average Bonchev–Trinajstić information content (AvgIpc) is 3.61. The maximum atomic E-state index is 6.97. The smallest absolute Gasteiger partial charge is 0.159 e. The number of hydrogen-bond acceptors (Lipinski definition) is 2. The number of rotatable bonds is 6. The Morgan fingerprint density at radius 2 is 0.865 bits per heavy atom.